The quantitative estimate of drug-likeness (QED) is 0.0719. The molecule has 1 aromatic heterocycles. The summed E-state index contributed by atoms with van der Waals surface area (Å²) in [6, 6.07) is 0.589. The third-order valence-corrected chi connectivity index (χ3v) is 10.1. The van der Waals surface area contributed by atoms with E-state index in [1.807, 2.05) is 0 Å². The average Bonchev–Trinajstić information content (AvgIpc) is 3.51. The molecule has 0 aliphatic carbocycles. The van der Waals surface area contributed by atoms with Gasteiger partial charge >= 0.3 is 0 Å². The maximum Gasteiger partial charge on any atom is 0.111 e. The zero-order valence-corrected chi connectivity index (χ0v) is 30.3. The first-order valence-corrected chi connectivity index (χ1v) is 20.3. The second kappa shape index (κ2) is 31.2. The predicted molar refractivity (Wildman–Crippen MR) is 194 cm³/mol. The van der Waals surface area contributed by atoms with E-state index in [1.54, 1.807) is 0 Å². The lowest BCUT2D eigenvalue weighted by Crippen LogP contribution is -2.13. The Morgan fingerprint density at radius 3 is 1.16 bits per heavy atom. The molecule has 1 rings (SSSR count). The lowest BCUT2D eigenvalue weighted by molar-refractivity contribution is 0.415. The van der Waals surface area contributed by atoms with Gasteiger partial charge in [0.1, 0.15) is 5.82 Å². The molecule has 0 fully saturated rings. The van der Waals surface area contributed by atoms with Crippen LogP contribution >= 0.6 is 0 Å². The third kappa shape index (κ3) is 23.2. The summed E-state index contributed by atoms with van der Waals surface area (Å²) in [7, 11) is 0. The lowest BCUT2D eigenvalue weighted by atomic mass is 9.93. The van der Waals surface area contributed by atoms with Gasteiger partial charge in [0.25, 0.3) is 0 Å². The fraction of sp³-hybridized carbons (Fsp3) is 0.927. The average molecular weight is 601 g/mol. The van der Waals surface area contributed by atoms with E-state index >= 15 is 0 Å². The first-order chi connectivity index (χ1) is 21.2. The van der Waals surface area contributed by atoms with E-state index in [9.17, 15) is 0 Å². The minimum atomic E-state index is 0.589. The van der Waals surface area contributed by atoms with Crippen molar-refractivity contribution in [2.75, 3.05) is 0 Å². The number of rotatable bonds is 34. The molecule has 43 heavy (non-hydrogen) atoms. The Morgan fingerprint density at radius 2 is 0.767 bits per heavy atom. The van der Waals surface area contributed by atoms with E-state index in [0.29, 0.717) is 12.0 Å². The normalized spacial score (nSPS) is 13.1. The minimum Gasteiger partial charge on any atom is -0.332 e. The van der Waals surface area contributed by atoms with Crippen molar-refractivity contribution in [1.29, 1.82) is 0 Å². The van der Waals surface area contributed by atoms with Crippen molar-refractivity contribution in [3.8, 4) is 0 Å². The molecule has 0 bridgehead atoms. The summed E-state index contributed by atoms with van der Waals surface area (Å²) >= 11 is 0. The summed E-state index contributed by atoms with van der Waals surface area (Å²) in [5.74, 6) is 2.05. The SMILES string of the molecule is CCCCCCCCCCCCCCCCC(C)n1ccnc1C(CCCC)CCCCCCCCCCCCCCC. The van der Waals surface area contributed by atoms with Crippen LogP contribution in [0.4, 0.5) is 0 Å². The highest BCUT2D eigenvalue weighted by Gasteiger charge is 2.19. The molecule has 0 aliphatic heterocycles. The number of aromatic nitrogens is 2. The Hall–Kier alpha value is -0.790. The zero-order valence-electron chi connectivity index (χ0n) is 30.3. The summed E-state index contributed by atoms with van der Waals surface area (Å²) in [6.07, 6.45) is 49.8. The Labute approximate surface area is 272 Å². The van der Waals surface area contributed by atoms with Crippen molar-refractivity contribution in [3.63, 3.8) is 0 Å². The third-order valence-electron chi connectivity index (χ3n) is 10.1. The molecule has 2 atom stereocenters. The van der Waals surface area contributed by atoms with Gasteiger partial charge in [-0.2, -0.15) is 0 Å². The molecule has 1 aromatic rings. The van der Waals surface area contributed by atoms with E-state index < -0.39 is 0 Å². The number of hydrogen-bond donors (Lipinski definition) is 0. The van der Waals surface area contributed by atoms with Crippen molar-refractivity contribution < 1.29 is 0 Å². The molecule has 0 spiro atoms. The van der Waals surface area contributed by atoms with Crippen molar-refractivity contribution in [2.24, 2.45) is 0 Å². The second-order valence-electron chi connectivity index (χ2n) is 14.3. The first-order valence-electron chi connectivity index (χ1n) is 20.3. The molecule has 254 valence electrons. The molecular weight excluding hydrogens is 520 g/mol. The summed E-state index contributed by atoms with van der Waals surface area (Å²) in [5, 5.41) is 0. The molecule has 0 radical (unpaired) electrons. The molecule has 0 N–H and O–H groups in total. The Kier molecular flexibility index (Phi) is 29.2. The van der Waals surface area contributed by atoms with Gasteiger partial charge in [-0.25, -0.2) is 4.98 Å². The van der Waals surface area contributed by atoms with Gasteiger partial charge in [-0.1, -0.05) is 207 Å². The largest absolute Gasteiger partial charge is 0.332 e. The number of hydrogen-bond acceptors (Lipinski definition) is 1. The number of nitrogens with zero attached hydrogens (tertiary/aromatic N) is 2. The highest BCUT2D eigenvalue weighted by molar-refractivity contribution is 5.02. The smallest absolute Gasteiger partial charge is 0.111 e. The van der Waals surface area contributed by atoms with Crippen molar-refractivity contribution in [1.82, 2.24) is 9.55 Å². The van der Waals surface area contributed by atoms with Gasteiger partial charge in [-0.3, -0.25) is 0 Å². The highest BCUT2D eigenvalue weighted by atomic mass is 15.1. The molecule has 2 unspecified atom stereocenters. The maximum atomic E-state index is 4.95. The van der Waals surface area contributed by atoms with Crippen LogP contribution in [-0.4, -0.2) is 9.55 Å². The van der Waals surface area contributed by atoms with E-state index in [2.05, 4.69) is 44.7 Å². The van der Waals surface area contributed by atoms with E-state index in [1.165, 1.54) is 211 Å². The Morgan fingerprint density at radius 1 is 0.442 bits per heavy atom. The standard InChI is InChI=1S/C41H80N2/c1-5-8-11-13-15-17-19-21-23-24-26-28-30-32-34-39(4)43-38-37-42-41(43)40(35-10-7-3)36-33-31-29-27-25-22-20-18-16-14-12-9-6-2/h37-40H,5-36H2,1-4H3. The van der Waals surface area contributed by atoms with E-state index in [4.69, 9.17) is 4.98 Å². The van der Waals surface area contributed by atoms with E-state index in [0.717, 1.165) is 0 Å². The van der Waals surface area contributed by atoms with Crippen molar-refractivity contribution in [2.45, 2.75) is 245 Å². The monoisotopic (exact) mass is 601 g/mol. The van der Waals surface area contributed by atoms with Crippen molar-refractivity contribution >= 4 is 0 Å². The van der Waals surface area contributed by atoms with Gasteiger partial charge in [0, 0.05) is 24.4 Å². The molecule has 0 aromatic carbocycles. The van der Waals surface area contributed by atoms with Crippen LogP contribution in [0.2, 0.25) is 0 Å². The van der Waals surface area contributed by atoms with Gasteiger partial charge in [0.05, 0.1) is 0 Å². The molecule has 2 heteroatoms. The van der Waals surface area contributed by atoms with Crippen LogP contribution < -0.4 is 0 Å². The molecule has 0 saturated heterocycles. The lowest BCUT2D eigenvalue weighted by Gasteiger charge is -2.22. The fourth-order valence-corrected chi connectivity index (χ4v) is 7.05. The van der Waals surface area contributed by atoms with Gasteiger partial charge in [0.15, 0.2) is 0 Å². The predicted octanol–water partition coefficient (Wildman–Crippen LogP) is 15.1. The Balaban J connectivity index is 2.17. The molecule has 2 nitrogen and oxygen atoms in total. The van der Waals surface area contributed by atoms with Crippen LogP contribution in [0.1, 0.15) is 251 Å². The maximum absolute atomic E-state index is 4.95. The van der Waals surface area contributed by atoms with Crippen LogP contribution in [0.3, 0.4) is 0 Å². The van der Waals surface area contributed by atoms with Gasteiger partial charge in [-0.05, 0) is 26.2 Å². The summed E-state index contributed by atoms with van der Waals surface area (Å²) in [5.41, 5.74) is 0. The van der Waals surface area contributed by atoms with Crippen LogP contribution in [0.15, 0.2) is 12.4 Å². The zero-order chi connectivity index (χ0) is 31.1. The van der Waals surface area contributed by atoms with Crippen LogP contribution in [-0.2, 0) is 0 Å². The summed E-state index contributed by atoms with van der Waals surface area (Å²) in [6.45, 7) is 9.40. The molecule has 0 saturated carbocycles. The molecular formula is C41H80N2. The first kappa shape index (κ1) is 40.2. The minimum absolute atomic E-state index is 0.589. The van der Waals surface area contributed by atoms with Crippen LogP contribution in [0.5, 0.6) is 0 Å². The fourth-order valence-electron chi connectivity index (χ4n) is 7.05. The van der Waals surface area contributed by atoms with Crippen LogP contribution in [0, 0.1) is 0 Å². The van der Waals surface area contributed by atoms with Gasteiger partial charge in [-0.15, -0.1) is 0 Å². The number of unbranched alkanes of at least 4 members (excludes halogenated alkanes) is 26. The molecule has 1 heterocycles. The molecule has 0 aliphatic rings. The summed E-state index contributed by atoms with van der Waals surface area (Å²) in [4.78, 5) is 4.95. The second-order valence-corrected chi connectivity index (χ2v) is 14.3. The van der Waals surface area contributed by atoms with Gasteiger partial charge in [0.2, 0.25) is 0 Å². The van der Waals surface area contributed by atoms with Crippen LogP contribution in [0.25, 0.3) is 0 Å². The highest BCUT2D eigenvalue weighted by Crippen LogP contribution is 2.30. The Bertz CT molecular complexity index is 664. The van der Waals surface area contributed by atoms with E-state index in [-0.39, 0.29) is 0 Å². The number of imidazole rings is 1. The van der Waals surface area contributed by atoms with Crippen molar-refractivity contribution in [3.05, 3.63) is 18.2 Å². The topological polar surface area (TPSA) is 17.8 Å². The molecule has 0 amide bonds. The van der Waals surface area contributed by atoms with Gasteiger partial charge < -0.3 is 4.57 Å². The summed E-state index contributed by atoms with van der Waals surface area (Å²) < 4.78 is 2.56.